The van der Waals surface area contributed by atoms with E-state index in [0.29, 0.717) is 0 Å². The molecule has 1 aromatic rings. The van der Waals surface area contributed by atoms with Gasteiger partial charge in [0.25, 0.3) is 0 Å². The molecule has 3 rings (SSSR count). The van der Waals surface area contributed by atoms with Crippen LogP contribution in [0.1, 0.15) is 31.5 Å². The van der Waals surface area contributed by atoms with E-state index in [2.05, 4.69) is 32.5 Å². The number of aryl methyl sites for hydroxylation is 2. The Morgan fingerprint density at radius 3 is 2.82 bits per heavy atom. The lowest BCUT2D eigenvalue weighted by atomic mass is 10.0. The van der Waals surface area contributed by atoms with Gasteiger partial charge in [-0.2, -0.15) is 0 Å². The van der Waals surface area contributed by atoms with Crippen molar-refractivity contribution in [1.82, 2.24) is 19.4 Å². The van der Waals surface area contributed by atoms with Gasteiger partial charge in [0.2, 0.25) is 0 Å². The van der Waals surface area contributed by atoms with Gasteiger partial charge in [-0.3, -0.25) is 9.80 Å². The summed E-state index contributed by atoms with van der Waals surface area (Å²) in [7, 11) is 0. The first-order chi connectivity index (χ1) is 10.8. The van der Waals surface area contributed by atoms with Gasteiger partial charge < -0.3 is 9.30 Å². The number of piperidine rings is 1. The van der Waals surface area contributed by atoms with Gasteiger partial charge in [-0.05, 0) is 32.7 Å². The largest absolute Gasteiger partial charge is 0.379 e. The third kappa shape index (κ3) is 4.31. The van der Waals surface area contributed by atoms with E-state index in [-0.39, 0.29) is 0 Å². The molecule has 0 N–H and O–H groups in total. The molecule has 3 heterocycles. The van der Waals surface area contributed by atoms with E-state index < -0.39 is 0 Å². The van der Waals surface area contributed by atoms with Crippen molar-refractivity contribution in [2.24, 2.45) is 0 Å². The molecular formula is C17H30N4O. The Morgan fingerprint density at radius 1 is 1.18 bits per heavy atom. The van der Waals surface area contributed by atoms with Crippen molar-refractivity contribution in [3.05, 3.63) is 18.2 Å². The van der Waals surface area contributed by atoms with Crippen LogP contribution in [-0.2, 0) is 11.3 Å². The standard InChI is InChI=1S/C17H30N4O/c1-16-18-6-10-20(16)8-4-9-21-7-3-2-5-17(21)15-19-11-13-22-14-12-19/h6,10,17H,2-5,7-9,11-15H2,1H3. The first-order valence-electron chi connectivity index (χ1n) is 8.85. The fraction of sp³-hybridized carbons (Fsp3) is 0.824. The molecule has 1 aromatic heterocycles. The predicted molar refractivity (Wildman–Crippen MR) is 88.1 cm³/mol. The van der Waals surface area contributed by atoms with Crippen molar-refractivity contribution >= 4 is 0 Å². The topological polar surface area (TPSA) is 33.5 Å². The molecule has 2 saturated heterocycles. The summed E-state index contributed by atoms with van der Waals surface area (Å²) in [6.07, 6.45) is 9.34. The van der Waals surface area contributed by atoms with E-state index in [4.69, 9.17) is 4.74 Å². The summed E-state index contributed by atoms with van der Waals surface area (Å²) in [6.45, 7) is 10.9. The second-order valence-corrected chi connectivity index (χ2v) is 6.62. The van der Waals surface area contributed by atoms with Gasteiger partial charge in [-0.15, -0.1) is 0 Å². The highest BCUT2D eigenvalue weighted by molar-refractivity contribution is 4.88. The molecule has 0 aliphatic carbocycles. The lowest BCUT2D eigenvalue weighted by Crippen LogP contribution is -2.49. The maximum atomic E-state index is 5.47. The Labute approximate surface area is 134 Å². The molecular weight excluding hydrogens is 276 g/mol. The van der Waals surface area contributed by atoms with Crippen LogP contribution < -0.4 is 0 Å². The van der Waals surface area contributed by atoms with Crippen LogP contribution in [0.4, 0.5) is 0 Å². The van der Waals surface area contributed by atoms with Crippen LogP contribution in [-0.4, -0.2) is 71.3 Å². The zero-order valence-electron chi connectivity index (χ0n) is 13.9. The average molecular weight is 306 g/mol. The van der Waals surface area contributed by atoms with Gasteiger partial charge in [-0.25, -0.2) is 4.98 Å². The first kappa shape index (κ1) is 16.0. The van der Waals surface area contributed by atoms with E-state index in [1.165, 1.54) is 45.3 Å². The zero-order valence-corrected chi connectivity index (χ0v) is 13.9. The van der Waals surface area contributed by atoms with E-state index >= 15 is 0 Å². The van der Waals surface area contributed by atoms with Gasteiger partial charge in [0.1, 0.15) is 5.82 Å². The Balaban J connectivity index is 1.46. The van der Waals surface area contributed by atoms with Gasteiger partial charge >= 0.3 is 0 Å². The number of morpholine rings is 1. The smallest absolute Gasteiger partial charge is 0.105 e. The lowest BCUT2D eigenvalue weighted by molar-refractivity contribution is 0.0164. The second kappa shape index (κ2) is 8.09. The minimum Gasteiger partial charge on any atom is -0.379 e. The highest BCUT2D eigenvalue weighted by Gasteiger charge is 2.24. The highest BCUT2D eigenvalue weighted by Crippen LogP contribution is 2.19. The third-order valence-corrected chi connectivity index (χ3v) is 5.09. The monoisotopic (exact) mass is 306 g/mol. The molecule has 5 heteroatoms. The molecule has 22 heavy (non-hydrogen) atoms. The summed E-state index contributed by atoms with van der Waals surface area (Å²) in [5, 5.41) is 0. The number of hydrogen-bond acceptors (Lipinski definition) is 4. The van der Waals surface area contributed by atoms with Crippen molar-refractivity contribution in [1.29, 1.82) is 0 Å². The quantitative estimate of drug-likeness (QED) is 0.802. The molecule has 124 valence electrons. The first-order valence-corrected chi connectivity index (χ1v) is 8.85. The van der Waals surface area contributed by atoms with Crippen LogP contribution in [0.15, 0.2) is 12.4 Å². The molecule has 2 fully saturated rings. The number of imidazole rings is 1. The van der Waals surface area contributed by atoms with Crippen LogP contribution >= 0.6 is 0 Å². The highest BCUT2D eigenvalue weighted by atomic mass is 16.5. The molecule has 0 saturated carbocycles. The van der Waals surface area contributed by atoms with Crippen molar-refractivity contribution in [3.8, 4) is 0 Å². The molecule has 0 aromatic carbocycles. The second-order valence-electron chi connectivity index (χ2n) is 6.62. The zero-order chi connectivity index (χ0) is 15.2. The third-order valence-electron chi connectivity index (χ3n) is 5.09. The van der Waals surface area contributed by atoms with Crippen LogP contribution in [0.5, 0.6) is 0 Å². The summed E-state index contributed by atoms with van der Waals surface area (Å²) in [4.78, 5) is 9.62. The molecule has 1 unspecified atom stereocenters. The number of rotatable bonds is 6. The van der Waals surface area contributed by atoms with Crippen LogP contribution in [0.25, 0.3) is 0 Å². The minimum atomic E-state index is 0.746. The van der Waals surface area contributed by atoms with E-state index in [0.717, 1.165) is 44.7 Å². The van der Waals surface area contributed by atoms with Gasteiger partial charge in [-0.1, -0.05) is 6.42 Å². The molecule has 0 spiro atoms. The Bertz CT molecular complexity index is 442. The number of ether oxygens (including phenoxy) is 1. The van der Waals surface area contributed by atoms with Gasteiger partial charge in [0.15, 0.2) is 0 Å². The number of aromatic nitrogens is 2. The SMILES string of the molecule is Cc1nccn1CCCN1CCCCC1CN1CCOCC1. The summed E-state index contributed by atoms with van der Waals surface area (Å²) in [5.41, 5.74) is 0. The molecule has 5 nitrogen and oxygen atoms in total. The Kier molecular flexibility index (Phi) is 5.87. The normalized spacial score (nSPS) is 24.7. The fourth-order valence-electron chi connectivity index (χ4n) is 3.73. The number of nitrogens with zero attached hydrogens (tertiary/aromatic N) is 4. The molecule has 1 atom stereocenters. The van der Waals surface area contributed by atoms with Crippen LogP contribution in [0, 0.1) is 6.92 Å². The fourth-order valence-corrected chi connectivity index (χ4v) is 3.73. The predicted octanol–water partition coefficient (Wildman–Crippen LogP) is 1.77. The summed E-state index contributed by atoms with van der Waals surface area (Å²) < 4.78 is 7.73. The van der Waals surface area contributed by atoms with Crippen molar-refractivity contribution < 1.29 is 4.74 Å². The number of hydrogen-bond donors (Lipinski definition) is 0. The number of likely N-dealkylation sites (tertiary alicyclic amines) is 1. The summed E-state index contributed by atoms with van der Waals surface area (Å²) >= 11 is 0. The Hall–Kier alpha value is -0.910. The Morgan fingerprint density at radius 2 is 2.05 bits per heavy atom. The van der Waals surface area contributed by atoms with Crippen LogP contribution in [0.3, 0.4) is 0 Å². The molecule has 0 bridgehead atoms. The maximum absolute atomic E-state index is 5.47. The van der Waals surface area contributed by atoms with Gasteiger partial charge in [0.05, 0.1) is 13.2 Å². The molecule has 2 aliphatic heterocycles. The average Bonchev–Trinajstić information content (AvgIpc) is 2.95. The maximum Gasteiger partial charge on any atom is 0.105 e. The van der Waals surface area contributed by atoms with E-state index in [1.54, 1.807) is 0 Å². The summed E-state index contributed by atoms with van der Waals surface area (Å²) in [5.74, 6) is 1.13. The lowest BCUT2D eigenvalue weighted by Gasteiger charge is -2.39. The van der Waals surface area contributed by atoms with Crippen molar-refractivity contribution in [2.45, 2.75) is 45.2 Å². The molecule has 2 aliphatic rings. The molecule has 0 radical (unpaired) electrons. The van der Waals surface area contributed by atoms with Gasteiger partial charge in [0, 0.05) is 51.2 Å². The van der Waals surface area contributed by atoms with E-state index in [1.807, 2.05) is 6.20 Å². The van der Waals surface area contributed by atoms with Crippen molar-refractivity contribution in [2.75, 3.05) is 45.9 Å². The van der Waals surface area contributed by atoms with Crippen molar-refractivity contribution in [3.63, 3.8) is 0 Å². The minimum absolute atomic E-state index is 0.746. The van der Waals surface area contributed by atoms with E-state index in [9.17, 15) is 0 Å². The molecule has 0 amide bonds. The summed E-state index contributed by atoms with van der Waals surface area (Å²) in [6, 6.07) is 0.746. The van der Waals surface area contributed by atoms with Crippen LogP contribution in [0.2, 0.25) is 0 Å².